The molecule has 0 aromatic rings. The molecule has 0 fully saturated rings. The Morgan fingerprint density at radius 2 is 1.95 bits per heavy atom. The summed E-state index contributed by atoms with van der Waals surface area (Å²) >= 11 is 0. The number of hydrogen-bond donors (Lipinski definition) is 2. The molecule has 0 amide bonds. The molecule has 0 saturated heterocycles. The summed E-state index contributed by atoms with van der Waals surface area (Å²) in [6, 6.07) is 0. The van der Waals surface area contributed by atoms with E-state index >= 15 is 0 Å². The number of ether oxygens (including phenoxy) is 1. The topological polar surface area (TPSA) is 75.6 Å². The third-order valence-electron chi connectivity index (χ3n) is 4.51. The fourth-order valence-corrected chi connectivity index (χ4v) is 2.62. The maximum atomic E-state index is 12.9. The van der Waals surface area contributed by atoms with Crippen molar-refractivity contribution in [3.05, 3.63) is 23.1 Å². The second kappa shape index (κ2) is 7.58. The monoisotopic (exact) mass is 309 g/mol. The molecular weight excluding hydrogens is 282 g/mol. The summed E-state index contributed by atoms with van der Waals surface area (Å²) in [6.07, 6.45) is 2.82. The summed E-state index contributed by atoms with van der Waals surface area (Å²) in [5.41, 5.74) is 0.0645. The Morgan fingerprint density at radius 3 is 2.41 bits per heavy atom. The molecule has 22 heavy (non-hydrogen) atoms. The lowest BCUT2D eigenvalue weighted by Crippen LogP contribution is -2.44. The van der Waals surface area contributed by atoms with Crippen LogP contribution in [0.4, 0.5) is 0 Å². The molecule has 5 heteroatoms. The predicted molar refractivity (Wildman–Crippen MR) is 85.1 cm³/mol. The van der Waals surface area contributed by atoms with Gasteiger partial charge in [0, 0.05) is 23.9 Å². The van der Waals surface area contributed by atoms with Crippen molar-refractivity contribution in [3.8, 4) is 0 Å². The number of hydrogen-bond acceptors (Lipinski definition) is 5. The first-order valence-corrected chi connectivity index (χ1v) is 7.81. The van der Waals surface area contributed by atoms with Crippen molar-refractivity contribution in [3.63, 3.8) is 0 Å². The molecule has 0 saturated carbocycles. The minimum Gasteiger partial charge on any atom is -0.493 e. The second-order valence-electron chi connectivity index (χ2n) is 5.84. The summed E-state index contributed by atoms with van der Waals surface area (Å²) in [5.74, 6) is -0.0968. The van der Waals surface area contributed by atoms with Gasteiger partial charge in [-0.1, -0.05) is 20.8 Å². The molecule has 0 aromatic carbocycles. The van der Waals surface area contributed by atoms with Crippen LogP contribution in [-0.4, -0.2) is 36.9 Å². The van der Waals surface area contributed by atoms with Crippen LogP contribution in [0.3, 0.4) is 0 Å². The van der Waals surface area contributed by atoms with Crippen molar-refractivity contribution in [1.29, 1.82) is 0 Å². The molecule has 0 aliphatic heterocycles. The highest BCUT2D eigenvalue weighted by atomic mass is 16.5. The molecular formula is C17H27NO4. The molecule has 2 atom stereocenters. The van der Waals surface area contributed by atoms with Crippen LogP contribution < -0.4 is 5.32 Å². The van der Waals surface area contributed by atoms with E-state index in [1.54, 1.807) is 13.1 Å². The lowest BCUT2D eigenvalue weighted by atomic mass is 9.67. The quantitative estimate of drug-likeness (QED) is 0.427. The van der Waals surface area contributed by atoms with Crippen LogP contribution in [0.5, 0.6) is 0 Å². The number of nitrogens with one attached hydrogen (secondary N) is 1. The third kappa shape index (κ3) is 3.09. The van der Waals surface area contributed by atoms with Gasteiger partial charge in [-0.15, -0.1) is 0 Å². The summed E-state index contributed by atoms with van der Waals surface area (Å²) in [5, 5.41) is 11.8. The summed E-state index contributed by atoms with van der Waals surface area (Å²) in [7, 11) is 1.47. The van der Waals surface area contributed by atoms with Crippen LogP contribution in [0.2, 0.25) is 0 Å². The average Bonchev–Trinajstić information content (AvgIpc) is 2.53. The lowest BCUT2D eigenvalue weighted by molar-refractivity contribution is -0.138. The van der Waals surface area contributed by atoms with Gasteiger partial charge in [-0.2, -0.15) is 0 Å². The Balaban J connectivity index is 3.52. The number of rotatable bonds is 7. The van der Waals surface area contributed by atoms with E-state index < -0.39 is 5.41 Å². The Bertz CT molecular complexity index is 507. The first-order valence-electron chi connectivity index (χ1n) is 7.81. The molecule has 1 aliphatic carbocycles. The smallest absolute Gasteiger partial charge is 0.211 e. The molecule has 0 aromatic heterocycles. The Kier molecular flexibility index (Phi) is 6.35. The van der Waals surface area contributed by atoms with Crippen molar-refractivity contribution in [2.75, 3.05) is 20.3 Å². The van der Waals surface area contributed by atoms with Gasteiger partial charge in [-0.3, -0.25) is 9.59 Å². The zero-order valence-corrected chi connectivity index (χ0v) is 14.2. The molecule has 2 unspecified atom stereocenters. The van der Waals surface area contributed by atoms with Crippen molar-refractivity contribution in [1.82, 2.24) is 5.32 Å². The molecule has 2 N–H and O–H groups in total. The Labute approximate surface area is 132 Å². The number of aliphatic hydroxyl groups excluding tert-OH is 1. The minimum atomic E-state index is -1.09. The highest BCUT2D eigenvalue weighted by molar-refractivity contribution is 6.24. The van der Waals surface area contributed by atoms with Gasteiger partial charge in [0.2, 0.25) is 5.78 Å². The number of aliphatic hydroxyl groups is 1. The number of carbonyl (C=O) groups is 2. The minimum absolute atomic E-state index is 0.0263. The zero-order valence-electron chi connectivity index (χ0n) is 14.2. The molecule has 0 spiro atoms. The van der Waals surface area contributed by atoms with Gasteiger partial charge in [0.1, 0.15) is 0 Å². The molecule has 0 heterocycles. The lowest BCUT2D eigenvalue weighted by Gasteiger charge is -2.35. The Hall–Kier alpha value is -1.62. The Morgan fingerprint density at radius 1 is 1.32 bits per heavy atom. The zero-order chi connectivity index (χ0) is 16.9. The first-order chi connectivity index (χ1) is 10.4. The van der Waals surface area contributed by atoms with Crippen molar-refractivity contribution >= 4 is 11.6 Å². The van der Waals surface area contributed by atoms with Crippen molar-refractivity contribution in [2.45, 2.75) is 40.5 Å². The van der Waals surface area contributed by atoms with E-state index in [0.29, 0.717) is 24.1 Å². The van der Waals surface area contributed by atoms with Crippen molar-refractivity contribution < 1.29 is 19.4 Å². The maximum Gasteiger partial charge on any atom is 0.211 e. The number of methoxy groups -OCH3 is 1. The summed E-state index contributed by atoms with van der Waals surface area (Å²) < 4.78 is 5.38. The van der Waals surface area contributed by atoms with Gasteiger partial charge < -0.3 is 15.2 Å². The highest BCUT2D eigenvalue weighted by Gasteiger charge is 2.49. The number of ketones is 2. The van der Waals surface area contributed by atoms with E-state index in [-0.39, 0.29) is 29.9 Å². The van der Waals surface area contributed by atoms with Gasteiger partial charge in [-0.05, 0) is 25.7 Å². The summed E-state index contributed by atoms with van der Waals surface area (Å²) in [4.78, 5) is 25.6. The maximum absolute atomic E-state index is 12.9. The van der Waals surface area contributed by atoms with Crippen LogP contribution in [0.15, 0.2) is 23.1 Å². The van der Waals surface area contributed by atoms with E-state index in [1.165, 1.54) is 7.11 Å². The first kappa shape index (κ1) is 18.4. The largest absolute Gasteiger partial charge is 0.493 e. The molecule has 1 rings (SSSR count). The van der Waals surface area contributed by atoms with E-state index in [9.17, 15) is 9.59 Å². The molecule has 0 bridgehead atoms. The number of carbonyl (C=O) groups excluding carboxylic acids is 2. The van der Waals surface area contributed by atoms with E-state index in [1.807, 2.05) is 20.8 Å². The SMILES string of the molecule is CCC(C)C1=C(OC)C(=O)C(C)(CC)C(=O)C1=CNCCO. The molecule has 1 aliphatic rings. The summed E-state index contributed by atoms with van der Waals surface area (Å²) in [6.45, 7) is 7.81. The fourth-order valence-electron chi connectivity index (χ4n) is 2.62. The second-order valence-corrected chi connectivity index (χ2v) is 5.84. The van der Waals surface area contributed by atoms with E-state index in [0.717, 1.165) is 6.42 Å². The molecule has 5 nitrogen and oxygen atoms in total. The standard InChI is InChI=1S/C17H27NO4/c1-6-11(3)13-12(10-18-8-9-19)15(20)17(4,7-2)16(21)14(13)22-5/h10-11,18-19H,6-9H2,1-5H3. The average molecular weight is 309 g/mol. The van der Waals surface area contributed by atoms with Crippen LogP contribution >= 0.6 is 0 Å². The van der Waals surface area contributed by atoms with Crippen LogP contribution in [0, 0.1) is 11.3 Å². The number of Topliss-reactive ketones (excluding diaryl/α,β-unsaturated/α-hetero) is 2. The molecule has 124 valence electrons. The normalized spacial score (nSPS) is 25.6. The van der Waals surface area contributed by atoms with Gasteiger partial charge in [-0.25, -0.2) is 0 Å². The third-order valence-corrected chi connectivity index (χ3v) is 4.51. The van der Waals surface area contributed by atoms with Gasteiger partial charge in [0.15, 0.2) is 11.5 Å². The van der Waals surface area contributed by atoms with E-state index in [2.05, 4.69) is 5.32 Å². The van der Waals surface area contributed by atoms with Gasteiger partial charge in [0.05, 0.1) is 19.1 Å². The van der Waals surface area contributed by atoms with Crippen LogP contribution in [0.25, 0.3) is 0 Å². The van der Waals surface area contributed by atoms with Crippen LogP contribution in [0.1, 0.15) is 40.5 Å². The van der Waals surface area contributed by atoms with Gasteiger partial charge in [0.25, 0.3) is 0 Å². The number of allylic oxidation sites excluding steroid dienone is 3. The molecule has 0 radical (unpaired) electrons. The van der Waals surface area contributed by atoms with Crippen LogP contribution in [-0.2, 0) is 14.3 Å². The highest BCUT2D eigenvalue weighted by Crippen LogP contribution is 2.42. The fraction of sp³-hybridized carbons (Fsp3) is 0.647. The van der Waals surface area contributed by atoms with E-state index in [4.69, 9.17) is 9.84 Å². The predicted octanol–water partition coefficient (Wildman–Crippen LogP) is 1.97. The van der Waals surface area contributed by atoms with Crippen molar-refractivity contribution in [2.24, 2.45) is 11.3 Å². The van der Waals surface area contributed by atoms with Gasteiger partial charge >= 0.3 is 0 Å².